The normalized spacial score (nSPS) is 14.1. The molecule has 1 fully saturated rings. The number of aromatic nitrogens is 4. The van der Waals surface area contributed by atoms with Crippen molar-refractivity contribution in [1.29, 1.82) is 0 Å². The highest BCUT2D eigenvalue weighted by molar-refractivity contribution is 5.78. The van der Waals surface area contributed by atoms with Crippen molar-refractivity contribution in [2.75, 3.05) is 39.3 Å². The van der Waals surface area contributed by atoms with Crippen molar-refractivity contribution in [1.82, 2.24) is 35.5 Å². The van der Waals surface area contributed by atoms with Crippen LogP contribution in [0.15, 0.2) is 42.7 Å². The van der Waals surface area contributed by atoms with Crippen LogP contribution in [0.4, 0.5) is 8.78 Å². The van der Waals surface area contributed by atoms with Gasteiger partial charge in [0.15, 0.2) is 5.82 Å². The molecule has 3 heterocycles. The Kier molecular flexibility index (Phi) is 7.99. The molecule has 1 aromatic carbocycles. The molecule has 0 spiro atoms. The van der Waals surface area contributed by atoms with E-state index in [0.29, 0.717) is 12.2 Å². The van der Waals surface area contributed by atoms with Crippen LogP contribution in [0.25, 0.3) is 11.1 Å². The Morgan fingerprint density at radius 1 is 1.09 bits per heavy atom. The van der Waals surface area contributed by atoms with E-state index in [2.05, 4.69) is 35.5 Å². The third-order valence-corrected chi connectivity index (χ3v) is 5.31. The quantitative estimate of drug-likeness (QED) is 0.453. The molecule has 1 saturated heterocycles. The van der Waals surface area contributed by atoms with Gasteiger partial charge >= 0.3 is 6.01 Å². The van der Waals surface area contributed by atoms with Crippen LogP contribution >= 0.6 is 0 Å². The lowest BCUT2D eigenvalue weighted by Crippen LogP contribution is -2.44. The molecule has 11 heteroatoms. The molecule has 2 N–H and O–H groups in total. The number of amides is 1. The second-order valence-electron chi connectivity index (χ2n) is 7.74. The first kappa shape index (κ1) is 23.6. The summed E-state index contributed by atoms with van der Waals surface area (Å²) in [5, 5.41) is 5.93. The van der Waals surface area contributed by atoms with Gasteiger partial charge in [0, 0.05) is 51.2 Å². The number of nitrogens with zero attached hydrogens (tertiary/aromatic N) is 5. The van der Waals surface area contributed by atoms with Crippen LogP contribution in [0.5, 0.6) is 6.01 Å². The lowest BCUT2D eigenvalue weighted by molar-refractivity contribution is -0.120. The zero-order chi connectivity index (χ0) is 23.8. The maximum absolute atomic E-state index is 14.6. The molecule has 3 aromatic rings. The molecule has 1 aliphatic heterocycles. The summed E-state index contributed by atoms with van der Waals surface area (Å²) in [5.41, 5.74) is 1.56. The first-order valence-electron chi connectivity index (χ1n) is 11.0. The van der Waals surface area contributed by atoms with Gasteiger partial charge in [0.2, 0.25) is 17.8 Å². The Morgan fingerprint density at radius 3 is 2.62 bits per heavy atom. The Bertz CT molecular complexity index is 1110. The predicted octanol–water partition coefficient (Wildman–Crippen LogP) is 1.35. The van der Waals surface area contributed by atoms with E-state index < -0.39 is 11.9 Å². The Labute approximate surface area is 195 Å². The SMILES string of the molecule is O=C(Cc1ccc(-c2cnc(OCCN3CCNCC3)nc2F)cc1)NCc1nccc(F)n1. The van der Waals surface area contributed by atoms with Gasteiger partial charge in [-0.2, -0.15) is 13.8 Å². The zero-order valence-electron chi connectivity index (χ0n) is 18.5. The largest absolute Gasteiger partial charge is 0.462 e. The van der Waals surface area contributed by atoms with Gasteiger partial charge in [-0.15, -0.1) is 0 Å². The molecule has 1 amide bonds. The lowest BCUT2D eigenvalue weighted by Gasteiger charge is -2.26. The van der Waals surface area contributed by atoms with E-state index in [9.17, 15) is 13.6 Å². The van der Waals surface area contributed by atoms with Crippen LogP contribution in [-0.4, -0.2) is 70.1 Å². The van der Waals surface area contributed by atoms with Crippen molar-refractivity contribution in [3.63, 3.8) is 0 Å². The van der Waals surface area contributed by atoms with Gasteiger partial charge in [0.1, 0.15) is 6.61 Å². The third-order valence-electron chi connectivity index (χ3n) is 5.31. The summed E-state index contributed by atoms with van der Waals surface area (Å²) in [5.74, 6) is -1.40. The fourth-order valence-corrected chi connectivity index (χ4v) is 3.50. The average Bonchev–Trinajstić information content (AvgIpc) is 2.84. The van der Waals surface area contributed by atoms with Crippen LogP contribution in [-0.2, 0) is 17.8 Å². The molecule has 34 heavy (non-hydrogen) atoms. The van der Waals surface area contributed by atoms with Crippen molar-refractivity contribution in [3.8, 4) is 17.1 Å². The highest BCUT2D eigenvalue weighted by Gasteiger charge is 2.13. The molecule has 178 valence electrons. The standard InChI is InChI=1S/C23H25F2N7O2/c24-19-5-6-27-20(30-19)15-28-21(33)13-16-1-3-17(4-2-16)18-14-29-23(31-22(18)25)34-12-11-32-9-7-26-8-10-32/h1-6,14,26H,7-13,15H2,(H,28,33). The number of carbonyl (C=O) groups excluding carboxylic acids is 1. The van der Waals surface area contributed by atoms with Gasteiger partial charge in [-0.1, -0.05) is 24.3 Å². The number of nitrogens with one attached hydrogen (secondary N) is 2. The van der Waals surface area contributed by atoms with Crippen LogP contribution in [0, 0.1) is 11.9 Å². The Balaban J connectivity index is 1.28. The molecule has 0 saturated carbocycles. The second-order valence-corrected chi connectivity index (χ2v) is 7.74. The number of halogens is 2. The van der Waals surface area contributed by atoms with Gasteiger partial charge in [0.25, 0.3) is 0 Å². The van der Waals surface area contributed by atoms with Crippen LogP contribution in [0.1, 0.15) is 11.4 Å². The molecule has 4 rings (SSSR count). The molecule has 0 aliphatic carbocycles. The Hall–Kier alpha value is -3.57. The first-order valence-corrected chi connectivity index (χ1v) is 11.0. The van der Waals surface area contributed by atoms with Crippen LogP contribution in [0.2, 0.25) is 0 Å². The van der Waals surface area contributed by atoms with E-state index in [4.69, 9.17) is 4.74 Å². The topological polar surface area (TPSA) is 105 Å². The maximum Gasteiger partial charge on any atom is 0.319 e. The summed E-state index contributed by atoms with van der Waals surface area (Å²) >= 11 is 0. The van der Waals surface area contributed by atoms with E-state index in [0.717, 1.165) is 44.4 Å². The fourth-order valence-electron chi connectivity index (χ4n) is 3.50. The molecule has 0 unspecified atom stereocenters. The molecule has 2 aromatic heterocycles. The summed E-state index contributed by atoms with van der Waals surface area (Å²) in [4.78, 5) is 29.8. The zero-order valence-corrected chi connectivity index (χ0v) is 18.5. The van der Waals surface area contributed by atoms with Gasteiger partial charge in [-0.05, 0) is 11.1 Å². The van der Waals surface area contributed by atoms with Crippen molar-refractivity contribution in [2.24, 2.45) is 0 Å². The molecule has 0 atom stereocenters. The van der Waals surface area contributed by atoms with Crippen LogP contribution in [0.3, 0.4) is 0 Å². The summed E-state index contributed by atoms with van der Waals surface area (Å²) in [6, 6.07) is 7.99. The number of piperazine rings is 1. The number of hydrogen-bond donors (Lipinski definition) is 2. The Morgan fingerprint density at radius 2 is 1.88 bits per heavy atom. The van der Waals surface area contributed by atoms with Crippen LogP contribution < -0.4 is 15.4 Å². The minimum Gasteiger partial charge on any atom is -0.462 e. The second kappa shape index (κ2) is 11.5. The first-order chi connectivity index (χ1) is 16.6. The van der Waals surface area contributed by atoms with Crippen molar-refractivity contribution >= 4 is 5.91 Å². The summed E-state index contributed by atoms with van der Waals surface area (Å²) in [6.07, 6.45) is 2.79. The smallest absolute Gasteiger partial charge is 0.319 e. The van der Waals surface area contributed by atoms with Crippen molar-refractivity contribution in [3.05, 3.63) is 66.0 Å². The highest BCUT2D eigenvalue weighted by atomic mass is 19.1. The number of hydrogen-bond acceptors (Lipinski definition) is 8. The van der Waals surface area contributed by atoms with Gasteiger partial charge in [-0.3, -0.25) is 9.69 Å². The van der Waals surface area contributed by atoms with E-state index in [1.165, 1.54) is 12.4 Å². The minimum absolute atomic E-state index is 0.00644. The average molecular weight is 469 g/mol. The monoisotopic (exact) mass is 469 g/mol. The minimum atomic E-state index is -0.673. The predicted molar refractivity (Wildman–Crippen MR) is 120 cm³/mol. The number of benzene rings is 1. The maximum atomic E-state index is 14.6. The molecule has 0 bridgehead atoms. The number of carbonyl (C=O) groups is 1. The molecular weight excluding hydrogens is 444 g/mol. The van der Waals surface area contributed by atoms with Gasteiger partial charge in [-0.25, -0.2) is 15.0 Å². The van der Waals surface area contributed by atoms with Gasteiger partial charge in [0.05, 0.1) is 18.5 Å². The summed E-state index contributed by atoms with van der Waals surface area (Å²) < 4.78 is 33.2. The third kappa shape index (κ3) is 6.72. The van der Waals surface area contributed by atoms with E-state index in [-0.39, 0.29) is 36.3 Å². The van der Waals surface area contributed by atoms with E-state index in [1.807, 2.05) is 0 Å². The van der Waals surface area contributed by atoms with E-state index >= 15 is 0 Å². The molecular formula is C23H25F2N7O2. The molecule has 0 radical (unpaired) electrons. The number of rotatable bonds is 9. The lowest BCUT2D eigenvalue weighted by atomic mass is 10.0. The molecule has 9 nitrogen and oxygen atoms in total. The van der Waals surface area contributed by atoms with Crippen molar-refractivity contribution in [2.45, 2.75) is 13.0 Å². The fraction of sp³-hybridized carbons (Fsp3) is 0.348. The van der Waals surface area contributed by atoms with E-state index in [1.54, 1.807) is 24.3 Å². The van der Waals surface area contributed by atoms with Crippen molar-refractivity contribution < 1.29 is 18.3 Å². The highest BCUT2D eigenvalue weighted by Crippen LogP contribution is 2.22. The number of ether oxygens (including phenoxy) is 1. The summed E-state index contributed by atoms with van der Waals surface area (Å²) in [7, 11) is 0. The summed E-state index contributed by atoms with van der Waals surface area (Å²) in [6.45, 7) is 4.97. The molecule has 1 aliphatic rings. The van der Waals surface area contributed by atoms with Gasteiger partial charge < -0.3 is 15.4 Å².